The van der Waals surface area contributed by atoms with Gasteiger partial charge in [0.2, 0.25) is 0 Å². The fraction of sp³-hybridized carbons (Fsp3) is 0.238. The molecule has 0 fully saturated rings. The number of carbonyl (C=O) groups is 1. The number of para-hydroxylation sites is 1. The molecule has 0 aliphatic carbocycles. The van der Waals surface area contributed by atoms with Crippen molar-refractivity contribution in [1.29, 1.82) is 0 Å². The number of aromatic nitrogens is 2. The lowest BCUT2D eigenvalue weighted by Crippen LogP contribution is -2.23. The Labute approximate surface area is 169 Å². The highest BCUT2D eigenvalue weighted by Crippen LogP contribution is 2.36. The summed E-state index contributed by atoms with van der Waals surface area (Å²) in [6.07, 6.45) is 0. The Bertz CT molecular complexity index is 1000. The molecule has 0 unspecified atom stereocenters. The number of nitrogens with zero attached hydrogens (tertiary/aromatic N) is 2. The van der Waals surface area contributed by atoms with Gasteiger partial charge in [-0.05, 0) is 38.1 Å². The molecule has 1 heterocycles. The second-order valence-electron chi connectivity index (χ2n) is 6.27. The summed E-state index contributed by atoms with van der Waals surface area (Å²) in [7, 11) is 3.00. The first-order valence-corrected chi connectivity index (χ1v) is 9.14. The summed E-state index contributed by atoms with van der Waals surface area (Å²) in [6.45, 7) is 4.28. The molecule has 6 nitrogen and oxygen atoms in total. The van der Waals surface area contributed by atoms with E-state index in [9.17, 15) is 4.79 Å². The molecule has 146 valence electrons. The number of nitrogens with one attached hydrogen (secondary N) is 1. The number of methoxy groups -OCH3 is 2. The zero-order valence-corrected chi connectivity index (χ0v) is 17.0. The number of hydrogen-bond acceptors (Lipinski definition) is 4. The van der Waals surface area contributed by atoms with Gasteiger partial charge in [0.15, 0.2) is 11.5 Å². The molecule has 0 radical (unpaired) electrons. The van der Waals surface area contributed by atoms with E-state index in [1.165, 1.54) is 14.2 Å². The minimum absolute atomic E-state index is 0.255. The van der Waals surface area contributed by atoms with Crippen LogP contribution in [0, 0.1) is 13.8 Å². The molecule has 1 amide bonds. The van der Waals surface area contributed by atoms with Crippen molar-refractivity contribution in [2.24, 2.45) is 0 Å². The van der Waals surface area contributed by atoms with Crippen molar-refractivity contribution in [3.05, 3.63) is 70.0 Å². The highest BCUT2D eigenvalue weighted by molar-refractivity contribution is 6.32. The van der Waals surface area contributed by atoms with E-state index in [1.807, 2.05) is 48.9 Å². The van der Waals surface area contributed by atoms with E-state index in [-0.39, 0.29) is 5.91 Å². The number of benzene rings is 2. The number of halogens is 1. The minimum atomic E-state index is -0.255. The highest BCUT2D eigenvalue weighted by Gasteiger charge is 2.17. The Morgan fingerprint density at radius 3 is 2.50 bits per heavy atom. The zero-order valence-electron chi connectivity index (χ0n) is 16.2. The number of amides is 1. The lowest BCUT2D eigenvalue weighted by Gasteiger charge is -2.12. The number of rotatable bonds is 6. The van der Waals surface area contributed by atoms with Crippen LogP contribution in [0.2, 0.25) is 5.02 Å². The first-order valence-electron chi connectivity index (χ1n) is 8.76. The van der Waals surface area contributed by atoms with Crippen LogP contribution in [0.3, 0.4) is 0 Å². The Kier molecular flexibility index (Phi) is 5.90. The van der Waals surface area contributed by atoms with Gasteiger partial charge in [-0.25, -0.2) is 4.68 Å². The predicted octanol–water partition coefficient (Wildman–Crippen LogP) is 4.09. The summed E-state index contributed by atoms with van der Waals surface area (Å²) in [6, 6.07) is 13.0. The van der Waals surface area contributed by atoms with Gasteiger partial charge in [-0.2, -0.15) is 5.10 Å². The molecule has 3 aromatic rings. The second kappa shape index (κ2) is 8.35. The molecule has 7 heteroatoms. The van der Waals surface area contributed by atoms with Gasteiger partial charge in [0, 0.05) is 23.4 Å². The largest absolute Gasteiger partial charge is 0.493 e. The van der Waals surface area contributed by atoms with Crippen molar-refractivity contribution in [1.82, 2.24) is 15.1 Å². The molecular weight excluding hydrogens is 378 g/mol. The summed E-state index contributed by atoms with van der Waals surface area (Å²) in [5, 5.41) is 7.85. The molecule has 0 spiro atoms. The Morgan fingerprint density at radius 2 is 1.86 bits per heavy atom. The molecular formula is C21H22ClN3O3. The summed E-state index contributed by atoms with van der Waals surface area (Å²) in [5.74, 6) is 0.551. The van der Waals surface area contributed by atoms with Gasteiger partial charge in [0.1, 0.15) is 0 Å². The fourth-order valence-corrected chi connectivity index (χ4v) is 3.36. The summed E-state index contributed by atoms with van der Waals surface area (Å²) >= 11 is 6.20. The molecule has 3 rings (SSSR count). The third-order valence-corrected chi connectivity index (χ3v) is 4.84. The molecule has 28 heavy (non-hydrogen) atoms. The molecule has 2 aromatic carbocycles. The smallest absolute Gasteiger partial charge is 0.251 e. The van der Waals surface area contributed by atoms with Crippen LogP contribution < -0.4 is 14.8 Å². The molecule has 0 aliphatic rings. The number of hydrogen-bond donors (Lipinski definition) is 1. The molecule has 0 aliphatic heterocycles. The van der Waals surface area contributed by atoms with E-state index >= 15 is 0 Å². The monoisotopic (exact) mass is 399 g/mol. The van der Waals surface area contributed by atoms with Crippen LogP contribution in [0.1, 0.15) is 27.3 Å². The maximum absolute atomic E-state index is 12.6. The van der Waals surface area contributed by atoms with Gasteiger partial charge in [0.25, 0.3) is 5.91 Å². The standard InChI is InChI=1S/C21H22ClN3O3/c1-13-17(14(2)25(24-13)16-8-6-5-7-9-16)12-23-21(26)15-10-18(22)20(28-4)19(11-15)27-3/h5-11H,12H2,1-4H3,(H,23,26). The van der Waals surface area contributed by atoms with E-state index in [1.54, 1.807) is 12.1 Å². The molecule has 1 aromatic heterocycles. The molecule has 0 bridgehead atoms. The van der Waals surface area contributed by atoms with Gasteiger partial charge in [-0.15, -0.1) is 0 Å². The average molecular weight is 400 g/mol. The SMILES string of the molecule is COc1cc(C(=O)NCc2c(C)nn(-c3ccccc3)c2C)cc(Cl)c1OC. The first kappa shape index (κ1) is 19.8. The summed E-state index contributed by atoms with van der Waals surface area (Å²) < 4.78 is 12.3. The first-order chi connectivity index (χ1) is 13.5. The average Bonchev–Trinajstić information content (AvgIpc) is 2.99. The van der Waals surface area contributed by atoms with Gasteiger partial charge < -0.3 is 14.8 Å². The van der Waals surface area contributed by atoms with Crippen LogP contribution in [-0.2, 0) is 6.54 Å². The van der Waals surface area contributed by atoms with Gasteiger partial charge in [0.05, 0.1) is 30.6 Å². The van der Waals surface area contributed by atoms with E-state index in [4.69, 9.17) is 21.1 Å². The van der Waals surface area contributed by atoms with Crippen LogP contribution in [0.5, 0.6) is 11.5 Å². The second-order valence-corrected chi connectivity index (χ2v) is 6.68. The fourth-order valence-electron chi connectivity index (χ4n) is 3.07. The maximum atomic E-state index is 12.6. The van der Waals surface area contributed by atoms with Crippen molar-refractivity contribution >= 4 is 17.5 Å². The Hall–Kier alpha value is -2.99. The van der Waals surface area contributed by atoms with Crippen molar-refractivity contribution in [2.45, 2.75) is 20.4 Å². The Balaban J connectivity index is 1.81. The van der Waals surface area contributed by atoms with E-state index in [2.05, 4.69) is 10.4 Å². The zero-order chi connectivity index (χ0) is 20.3. The third kappa shape index (κ3) is 3.82. The summed E-state index contributed by atoms with van der Waals surface area (Å²) in [5.41, 5.74) is 4.20. The lowest BCUT2D eigenvalue weighted by molar-refractivity contribution is 0.0950. The van der Waals surface area contributed by atoms with E-state index in [0.29, 0.717) is 28.6 Å². The summed E-state index contributed by atoms with van der Waals surface area (Å²) in [4.78, 5) is 12.6. The van der Waals surface area contributed by atoms with Crippen LogP contribution in [0.4, 0.5) is 0 Å². The van der Waals surface area contributed by atoms with Crippen LogP contribution in [0.25, 0.3) is 5.69 Å². The number of carbonyl (C=O) groups excluding carboxylic acids is 1. The van der Waals surface area contributed by atoms with Crippen molar-refractivity contribution in [2.75, 3.05) is 14.2 Å². The topological polar surface area (TPSA) is 65.4 Å². The van der Waals surface area contributed by atoms with Crippen LogP contribution >= 0.6 is 11.6 Å². The van der Waals surface area contributed by atoms with Crippen molar-refractivity contribution in [3.63, 3.8) is 0 Å². The van der Waals surface area contributed by atoms with Gasteiger partial charge in [-0.3, -0.25) is 4.79 Å². The van der Waals surface area contributed by atoms with Crippen molar-refractivity contribution < 1.29 is 14.3 Å². The molecule has 0 saturated carbocycles. The van der Waals surface area contributed by atoms with E-state index < -0.39 is 0 Å². The third-order valence-electron chi connectivity index (χ3n) is 4.56. The Morgan fingerprint density at radius 1 is 1.14 bits per heavy atom. The molecule has 0 atom stereocenters. The number of ether oxygens (including phenoxy) is 2. The molecule has 1 N–H and O–H groups in total. The number of aryl methyl sites for hydroxylation is 1. The quantitative estimate of drug-likeness (QED) is 0.678. The minimum Gasteiger partial charge on any atom is -0.493 e. The predicted molar refractivity (Wildman–Crippen MR) is 109 cm³/mol. The maximum Gasteiger partial charge on any atom is 0.251 e. The van der Waals surface area contributed by atoms with Gasteiger partial charge >= 0.3 is 0 Å². The van der Waals surface area contributed by atoms with Gasteiger partial charge in [-0.1, -0.05) is 29.8 Å². The lowest BCUT2D eigenvalue weighted by atomic mass is 10.1. The normalized spacial score (nSPS) is 10.6. The van der Waals surface area contributed by atoms with Crippen LogP contribution in [-0.4, -0.2) is 29.9 Å². The highest BCUT2D eigenvalue weighted by atomic mass is 35.5. The van der Waals surface area contributed by atoms with Crippen LogP contribution in [0.15, 0.2) is 42.5 Å². The van der Waals surface area contributed by atoms with Crippen molar-refractivity contribution in [3.8, 4) is 17.2 Å². The molecule has 0 saturated heterocycles. The van der Waals surface area contributed by atoms with E-state index in [0.717, 1.165) is 22.6 Å².